The van der Waals surface area contributed by atoms with Crippen LogP contribution in [0.25, 0.3) is 0 Å². The SMILES string of the molecule is C/C(=C/C(=O)Nc1ccc(S[C@H](C)C(=O)Nc2nnc(C)s2)cc1)C(=O)O. The normalized spacial score (nSPS) is 12.3. The van der Waals surface area contributed by atoms with Gasteiger partial charge in [-0.3, -0.25) is 14.9 Å². The van der Waals surface area contributed by atoms with Crippen molar-refractivity contribution in [3.8, 4) is 0 Å². The molecule has 1 aromatic carbocycles. The summed E-state index contributed by atoms with van der Waals surface area (Å²) in [5, 5.41) is 22.7. The average molecular weight is 406 g/mol. The van der Waals surface area contributed by atoms with Gasteiger partial charge in [0.2, 0.25) is 16.9 Å². The monoisotopic (exact) mass is 406 g/mol. The van der Waals surface area contributed by atoms with Gasteiger partial charge in [0, 0.05) is 22.2 Å². The number of carboxylic acid groups (broad SMARTS) is 1. The Labute approximate surface area is 164 Å². The van der Waals surface area contributed by atoms with Gasteiger partial charge in [-0.25, -0.2) is 4.79 Å². The van der Waals surface area contributed by atoms with Crippen molar-refractivity contribution in [1.29, 1.82) is 0 Å². The first kappa shape index (κ1) is 20.6. The lowest BCUT2D eigenvalue weighted by Crippen LogP contribution is -2.22. The number of hydrogen-bond donors (Lipinski definition) is 3. The first-order valence-electron chi connectivity index (χ1n) is 7.85. The first-order chi connectivity index (χ1) is 12.7. The molecule has 1 heterocycles. The van der Waals surface area contributed by atoms with E-state index in [1.165, 1.54) is 30.0 Å². The lowest BCUT2D eigenvalue weighted by molar-refractivity contribution is -0.132. The number of carboxylic acids is 1. The van der Waals surface area contributed by atoms with Gasteiger partial charge in [0.05, 0.1) is 5.25 Å². The summed E-state index contributed by atoms with van der Waals surface area (Å²) in [6.07, 6.45) is 1.02. The Morgan fingerprint density at radius 2 is 1.85 bits per heavy atom. The molecule has 0 saturated carbocycles. The number of carbonyl (C=O) groups excluding carboxylic acids is 2. The highest BCUT2D eigenvalue weighted by Gasteiger charge is 2.16. The Kier molecular flexibility index (Phi) is 7.08. The molecule has 0 saturated heterocycles. The van der Waals surface area contributed by atoms with Gasteiger partial charge < -0.3 is 10.4 Å². The van der Waals surface area contributed by atoms with Crippen LogP contribution in [-0.2, 0) is 14.4 Å². The van der Waals surface area contributed by atoms with Gasteiger partial charge in [-0.1, -0.05) is 11.3 Å². The van der Waals surface area contributed by atoms with E-state index >= 15 is 0 Å². The Morgan fingerprint density at radius 3 is 2.41 bits per heavy atom. The summed E-state index contributed by atoms with van der Waals surface area (Å²) < 4.78 is 0. The highest BCUT2D eigenvalue weighted by molar-refractivity contribution is 8.00. The van der Waals surface area contributed by atoms with Crippen molar-refractivity contribution in [2.45, 2.75) is 30.9 Å². The van der Waals surface area contributed by atoms with Gasteiger partial charge in [-0.2, -0.15) is 0 Å². The summed E-state index contributed by atoms with van der Waals surface area (Å²) >= 11 is 2.67. The fourth-order valence-electron chi connectivity index (χ4n) is 1.87. The minimum Gasteiger partial charge on any atom is -0.478 e. The molecule has 0 bridgehead atoms. The largest absolute Gasteiger partial charge is 0.478 e. The van der Waals surface area contributed by atoms with E-state index < -0.39 is 11.9 Å². The molecule has 0 aliphatic rings. The van der Waals surface area contributed by atoms with Gasteiger partial charge >= 0.3 is 5.97 Å². The molecule has 0 spiro atoms. The predicted molar refractivity (Wildman–Crippen MR) is 105 cm³/mol. The average Bonchev–Trinajstić information content (AvgIpc) is 3.01. The molecular formula is C17H18N4O4S2. The second-order valence-electron chi connectivity index (χ2n) is 5.52. The summed E-state index contributed by atoms with van der Waals surface area (Å²) in [5.41, 5.74) is 0.477. The van der Waals surface area contributed by atoms with Gasteiger partial charge in [0.15, 0.2) is 0 Å². The first-order valence-corrected chi connectivity index (χ1v) is 9.54. The smallest absolute Gasteiger partial charge is 0.331 e. The van der Waals surface area contributed by atoms with Crippen molar-refractivity contribution < 1.29 is 19.5 Å². The Balaban J connectivity index is 1.90. The zero-order valence-corrected chi connectivity index (χ0v) is 16.5. The second-order valence-corrected chi connectivity index (χ2v) is 8.12. The molecule has 0 radical (unpaired) electrons. The second kappa shape index (κ2) is 9.28. The van der Waals surface area contributed by atoms with Crippen LogP contribution in [0.1, 0.15) is 18.9 Å². The van der Waals surface area contributed by atoms with Crippen LogP contribution in [0.5, 0.6) is 0 Å². The third kappa shape index (κ3) is 6.50. The molecule has 10 heteroatoms. The lowest BCUT2D eigenvalue weighted by atomic mass is 10.2. The molecule has 1 aromatic heterocycles. The van der Waals surface area contributed by atoms with Gasteiger partial charge in [0.1, 0.15) is 5.01 Å². The highest BCUT2D eigenvalue weighted by Crippen LogP contribution is 2.26. The summed E-state index contributed by atoms with van der Waals surface area (Å²) in [6, 6.07) is 6.91. The molecule has 0 fully saturated rings. The molecule has 2 aromatic rings. The Morgan fingerprint density at radius 1 is 1.19 bits per heavy atom. The minimum absolute atomic E-state index is 0.0508. The maximum atomic E-state index is 12.2. The van der Waals surface area contributed by atoms with E-state index in [1.54, 1.807) is 31.2 Å². The number of hydrogen-bond acceptors (Lipinski definition) is 7. The Bertz CT molecular complexity index is 877. The summed E-state index contributed by atoms with van der Waals surface area (Å²) in [4.78, 5) is 35.5. The summed E-state index contributed by atoms with van der Waals surface area (Å²) in [7, 11) is 0. The van der Waals surface area contributed by atoms with Crippen LogP contribution in [0.2, 0.25) is 0 Å². The molecule has 1 atom stereocenters. The molecule has 27 heavy (non-hydrogen) atoms. The molecule has 3 N–H and O–H groups in total. The number of nitrogens with one attached hydrogen (secondary N) is 2. The number of amides is 2. The van der Waals surface area contributed by atoms with Crippen molar-refractivity contribution >= 4 is 51.7 Å². The third-order valence-corrected chi connectivity index (χ3v) is 5.11. The third-order valence-electron chi connectivity index (χ3n) is 3.25. The van der Waals surface area contributed by atoms with E-state index in [0.717, 1.165) is 16.0 Å². The zero-order chi connectivity index (χ0) is 20.0. The molecule has 2 rings (SSSR count). The molecule has 142 valence electrons. The fraction of sp³-hybridized carbons (Fsp3) is 0.235. The molecule has 0 aliphatic heterocycles. The number of benzene rings is 1. The van der Waals surface area contributed by atoms with Crippen molar-refractivity contribution in [3.63, 3.8) is 0 Å². The fourth-order valence-corrected chi connectivity index (χ4v) is 3.33. The molecule has 0 unspecified atom stereocenters. The molecule has 2 amide bonds. The van der Waals surface area contributed by atoms with E-state index in [2.05, 4.69) is 20.8 Å². The maximum Gasteiger partial charge on any atom is 0.331 e. The quantitative estimate of drug-likeness (QED) is 0.477. The number of thioether (sulfide) groups is 1. The highest BCUT2D eigenvalue weighted by atomic mass is 32.2. The van der Waals surface area contributed by atoms with Gasteiger partial charge in [0.25, 0.3) is 0 Å². The predicted octanol–water partition coefficient (Wildman–Crippen LogP) is 2.94. The molecule has 8 nitrogen and oxygen atoms in total. The van der Waals surface area contributed by atoms with E-state index in [9.17, 15) is 14.4 Å². The maximum absolute atomic E-state index is 12.2. The van der Waals surface area contributed by atoms with Crippen LogP contribution < -0.4 is 10.6 Å². The number of aryl methyl sites for hydroxylation is 1. The van der Waals surface area contributed by atoms with Crippen molar-refractivity contribution in [2.24, 2.45) is 0 Å². The van der Waals surface area contributed by atoms with Crippen molar-refractivity contribution in [2.75, 3.05) is 10.6 Å². The number of aromatic nitrogens is 2. The van der Waals surface area contributed by atoms with E-state index in [0.29, 0.717) is 10.8 Å². The summed E-state index contributed by atoms with van der Waals surface area (Å²) in [5.74, 6) is -1.84. The minimum atomic E-state index is -1.15. The van der Waals surface area contributed by atoms with Crippen LogP contribution >= 0.6 is 23.1 Å². The number of rotatable bonds is 7. The zero-order valence-electron chi connectivity index (χ0n) is 14.8. The van der Waals surface area contributed by atoms with Crippen LogP contribution in [0.4, 0.5) is 10.8 Å². The topological polar surface area (TPSA) is 121 Å². The summed E-state index contributed by atoms with van der Waals surface area (Å²) in [6.45, 7) is 4.94. The van der Waals surface area contributed by atoms with E-state index in [4.69, 9.17) is 5.11 Å². The number of aliphatic carboxylic acids is 1. The number of anilines is 2. The van der Waals surface area contributed by atoms with Crippen LogP contribution in [-0.4, -0.2) is 38.3 Å². The lowest BCUT2D eigenvalue weighted by Gasteiger charge is -2.11. The van der Waals surface area contributed by atoms with E-state index in [1.807, 2.05) is 6.92 Å². The van der Waals surface area contributed by atoms with Crippen molar-refractivity contribution in [3.05, 3.63) is 40.9 Å². The Hall–Kier alpha value is -2.72. The van der Waals surface area contributed by atoms with Crippen LogP contribution in [0.15, 0.2) is 40.8 Å². The van der Waals surface area contributed by atoms with Gasteiger partial charge in [-0.05, 0) is 45.0 Å². The van der Waals surface area contributed by atoms with Crippen LogP contribution in [0, 0.1) is 6.92 Å². The van der Waals surface area contributed by atoms with Crippen molar-refractivity contribution in [1.82, 2.24) is 10.2 Å². The number of nitrogens with zero attached hydrogens (tertiary/aromatic N) is 2. The number of carbonyl (C=O) groups is 3. The standard InChI is InChI=1S/C17H18N4O4S2/c1-9(16(24)25)8-14(22)18-12-4-6-13(7-5-12)26-10(2)15(23)19-17-21-20-11(3)27-17/h4-8,10H,1-3H3,(H,18,22)(H,24,25)(H,19,21,23)/b9-8-/t10-/m1/s1. The van der Waals surface area contributed by atoms with E-state index in [-0.39, 0.29) is 16.7 Å². The van der Waals surface area contributed by atoms with Crippen LogP contribution in [0.3, 0.4) is 0 Å². The molecular weight excluding hydrogens is 388 g/mol. The molecule has 0 aliphatic carbocycles. The van der Waals surface area contributed by atoms with Gasteiger partial charge in [-0.15, -0.1) is 22.0 Å².